The van der Waals surface area contributed by atoms with Gasteiger partial charge < -0.3 is 15.0 Å². The highest BCUT2D eigenvalue weighted by molar-refractivity contribution is 5.94. The fourth-order valence-corrected chi connectivity index (χ4v) is 2.91. The van der Waals surface area contributed by atoms with Crippen LogP contribution < -0.4 is 15.6 Å². The number of methoxy groups -OCH3 is 1. The van der Waals surface area contributed by atoms with E-state index in [1.807, 2.05) is 0 Å². The van der Waals surface area contributed by atoms with Crippen molar-refractivity contribution in [2.75, 3.05) is 7.11 Å². The number of aromatic amines is 1. The lowest BCUT2D eigenvalue weighted by Crippen LogP contribution is -2.30. The zero-order valence-corrected chi connectivity index (χ0v) is 15.5. The van der Waals surface area contributed by atoms with Gasteiger partial charge in [0.25, 0.3) is 11.5 Å². The molecule has 6 nitrogen and oxygen atoms in total. The fraction of sp³-hybridized carbons (Fsp3) is 0.190. The summed E-state index contributed by atoms with van der Waals surface area (Å²) in [5, 5.41) is 2.94. The van der Waals surface area contributed by atoms with E-state index in [1.54, 1.807) is 43.3 Å². The number of benzene rings is 2. The Morgan fingerprint density at radius 2 is 1.96 bits per heavy atom. The van der Waals surface area contributed by atoms with Crippen molar-refractivity contribution in [2.24, 2.45) is 0 Å². The first-order valence-electron chi connectivity index (χ1n) is 8.72. The number of aryl methyl sites for hydroxylation is 1. The molecule has 1 heterocycles. The van der Waals surface area contributed by atoms with Gasteiger partial charge in [-0.25, -0.2) is 9.37 Å². The number of ether oxygens (including phenoxy) is 1. The highest BCUT2D eigenvalue weighted by Gasteiger charge is 2.18. The molecule has 1 amide bonds. The highest BCUT2D eigenvalue weighted by Crippen LogP contribution is 2.20. The first kappa shape index (κ1) is 19.3. The lowest BCUT2D eigenvalue weighted by molar-refractivity contribution is 0.0936. The number of H-pyrrole nitrogens is 1. The number of carbonyl (C=O) groups excluding carboxylic acids is 1. The van der Waals surface area contributed by atoms with Gasteiger partial charge in [0.2, 0.25) is 0 Å². The summed E-state index contributed by atoms with van der Waals surface area (Å²) in [4.78, 5) is 31.4. The van der Waals surface area contributed by atoms with Crippen LogP contribution in [0, 0.1) is 12.7 Å². The minimum absolute atomic E-state index is 0.264. The number of hydrogen-bond acceptors (Lipinski definition) is 4. The van der Waals surface area contributed by atoms with E-state index in [0.29, 0.717) is 28.4 Å². The summed E-state index contributed by atoms with van der Waals surface area (Å²) in [6, 6.07) is 13.5. The van der Waals surface area contributed by atoms with Crippen LogP contribution in [-0.4, -0.2) is 23.0 Å². The van der Waals surface area contributed by atoms with Gasteiger partial charge in [0.05, 0.1) is 18.8 Å². The molecule has 0 aliphatic carbocycles. The standard InChI is InChI=1S/C21H20FN3O3/c1-13-23-17(12-20(26)24-13)11-19(14-6-8-16(22)9-7-14)25-21(27)15-4-3-5-18(10-15)28-2/h3-10,12,19H,11H2,1-2H3,(H,25,27)(H,23,24,26). The van der Waals surface area contributed by atoms with Crippen molar-refractivity contribution < 1.29 is 13.9 Å². The van der Waals surface area contributed by atoms with Gasteiger partial charge in [0.1, 0.15) is 17.4 Å². The van der Waals surface area contributed by atoms with E-state index in [9.17, 15) is 14.0 Å². The SMILES string of the molecule is COc1cccc(C(=O)NC(Cc2cc(=O)[nH]c(C)n2)c2ccc(F)cc2)c1. The molecule has 0 aliphatic heterocycles. The molecule has 1 aromatic heterocycles. The average molecular weight is 381 g/mol. The van der Waals surface area contributed by atoms with E-state index in [1.165, 1.54) is 25.3 Å². The van der Waals surface area contributed by atoms with E-state index in [2.05, 4.69) is 15.3 Å². The Balaban J connectivity index is 1.90. The van der Waals surface area contributed by atoms with Gasteiger partial charge >= 0.3 is 0 Å². The van der Waals surface area contributed by atoms with Crippen LogP contribution in [-0.2, 0) is 6.42 Å². The number of amides is 1. The number of rotatable bonds is 6. The molecule has 0 aliphatic rings. The lowest BCUT2D eigenvalue weighted by atomic mass is 10.0. The van der Waals surface area contributed by atoms with Crippen LogP contribution in [0.5, 0.6) is 5.75 Å². The second-order valence-corrected chi connectivity index (χ2v) is 6.34. The van der Waals surface area contributed by atoms with Crippen LogP contribution in [0.2, 0.25) is 0 Å². The van der Waals surface area contributed by atoms with Gasteiger partial charge in [-0.05, 0) is 42.8 Å². The predicted octanol–water partition coefficient (Wildman–Crippen LogP) is 2.94. The Kier molecular flexibility index (Phi) is 5.84. The number of halogens is 1. The number of hydrogen-bond donors (Lipinski definition) is 2. The van der Waals surface area contributed by atoms with Crippen molar-refractivity contribution >= 4 is 5.91 Å². The molecule has 2 N–H and O–H groups in total. The molecular weight excluding hydrogens is 361 g/mol. The second-order valence-electron chi connectivity index (χ2n) is 6.34. The normalized spacial score (nSPS) is 11.7. The lowest BCUT2D eigenvalue weighted by Gasteiger charge is -2.19. The van der Waals surface area contributed by atoms with Gasteiger partial charge in [-0.1, -0.05) is 18.2 Å². The Hall–Kier alpha value is -3.48. The summed E-state index contributed by atoms with van der Waals surface area (Å²) in [6.07, 6.45) is 0.284. The van der Waals surface area contributed by atoms with Crippen molar-refractivity contribution in [1.29, 1.82) is 0 Å². The molecule has 1 unspecified atom stereocenters. The fourth-order valence-electron chi connectivity index (χ4n) is 2.91. The van der Waals surface area contributed by atoms with E-state index >= 15 is 0 Å². The molecule has 0 radical (unpaired) electrons. The first-order chi connectivity index (χ1) is 13.4. The molecule has 0 saturated heterocycles. The highest BCUT2D eigenvalue weighted by atomic mass is 19.1. The molecule has 3 rings (SSSR count). The molecule has 7 heteroatoms. The maximum atomic E-state index is 13.3. The third-order valence-electron chi connectivity index (χ3n) is 4.24. The summed E-state index contributed by atoms with van der Waals surface area (Å²) in [7, 11) is 1.53. The molecular formula is C21H20FN3O3. The van der Waals surface area contributed by atoms with Crippen molar-refractivity contribution in [3.05, 3.63) is 93.4 Å². The second kappa shape index (κ2) is 8.47. The summed E-state index contributed by atoms with van der Waals surface area (Å²) in [5.74, 6) is 0.374. The van der Waals surface area contributed by atoms with E-state index < -0.39 is 6.04 Å². The number of carbonyl (C=O) groups is 1. The summed E-state index contributed by atoms with van der Waals surface area (Å²) in [5.41, 5.74) is 1.40. The minimum Gasteiger partial charge on any atom is -0.497 e. The molecule has 1 atom stereocenters. The molecule has 2 aromatic carbocycles. The van der Waals surface area contributed by atoms with Crippen LogP contribution >= 0.6 is 0 Å². The van der Waals surface area contributed by atoms with E-state index in [4.69, 9.17) is 4.74 Å². The molecule has 3 aromatic rings. The van der Waals surface area contributed by atoms with Crippen LogP contribution in [0.15, 0.2) is 59.4 Å². The van der Waals surface area contributed by atoms with Crippen LogP contribution in [0.1, 0.15) is 33.5 Å². The average Bonchev–Trinajstić information content (AvgIpc) is 2.67. The zero-order chi connectivity index (χ0) is 20.1. The van der Waals surface area contributed by atoms with E-state index in [-0.39, 0.29) is 23.7 Å². The van der Waals surface area contributed by atoms with Crippen molar-refractivity contribution in [2.45, 2.75) is 19.4 Å². The number of aromatic nitrogens is 2. The number of nitrogens with one attached hydrogen (secondary N) is 2. The molecule has 0 bridgehead atoms. The molecule has 0 spiro atoms. The third-order valence-corrected chi connectivity index (χ3v) is 4.24. The third kappa shape index (κ3) is 4.82. The molecule has 0 saturated carbocycles. The van der Waals surface area contributed by atoms with Gasteiger partial charge in [-0.3, -0.25) is 9.59 Å². The summed E-state index contributed by atoms with van der Waals surface area (Å²) >= 11 is 0. The van der Waals surface area contributed by atoms with Gasteiger partial charge in [-0.2, -0.15) is 0 Å². The van der Waals surface area contributed by atoms with Gasteiger partial charge in [0.15, 0.2) is 0 Å². The Morgan fingerprint density at radius 3 is 2.64 bits per heavy atom. The van der Waals surface area contributed by atoms with Crippen LogP contribution in [0.3, 0.4) is 0 Å². The Labute approximate surface area is 161 Å². The van der Waals surface area contributed by atoms with E-state index in [0.717, 1.165) is 0 Å². The van der Waals surface area contributed by atoms with Gasteiger partial charge in [-0.15, -0.1) is 0 Å². The van der Waals surface area contributed by atoms with Gasteiger partial charge in [0, 0.05) is 18.1 Å². The smallest absolute Gasteiger partial charge is 0.251 e. The maximum Gasteiger partial charge on any atom is 0.251 e. The molecule has 0 fully saturated rings. The number of nitrogens with zero attached hydrogens (tertiary/aromatic N) is 1. The maximum absolute atomic E-state index is 13.3. The summed E-state index contributed by atoms with van der Waals surface area (Å²) < 4.78 is 18.5. The largest absolute Gasteiger partial charge is 0.497 e. The monoisotopic (exact) mass is 381 g/mol. The molecule has 28 heavy (non-hydrogen) atoms. The Morgan fingerprint density at radius 1 is 1.21 bits per heavy atom. The summed E-state index contributed by atoms with van der Waals surface area (Å²) in [6.45, 7) is 1.69. The predicted molar refractivity (Wildman–Crippen MR) is 103 cm³/mol. The minimum atomic E-state index is -0.493. The topological polar surface area (TPSA) is 84.1 Å². The quantitative estimate of drug-likeness (QED) is 0.688. The van der Waals surface area contributed by atoms with Crippen molar-refractivity contribution in [3.8, 4) is 5.75 Å². The first-order valence-corrected chi connectivity index (χ1v) is 8.72. The molecule has 144 valence electrons. The van der Waals surface area contributed by atoms with Crippen LogP contribution in [0.25, 0.3) is 0 Å². The zero-order valence-electron chi connectivity index (χ0n) is 15.5. The Bertz CT molecular complexity index is 1030. The van der Waals surface area contributed by atoms with Crippen molar-refractivity contribution in [1.82, 2.24) is 15.3 Å². The van der Waals surface area contributed by atoms with Crippen molar-refractivity contribution in [3.63, 3.8) is 0 Å². The van der Waals surface area contributed by atoms with Crippen LogP contribution in [0.4, 0.5) is 4.39 Å².